The summed E-state index contributed by atoms with van der Waals surface area (Å²) < 4.78 is 38.3. The Labute approximate surface area is 65.1 Å². The number of hydrogen-bond donors (Lipinski definition) is 1. The van der Waals surface area contributed by atoms with Crippen LogP contribution in [0.25, 0.3) is 5.65 Å². The van der Waals surface area contributed by atoms with Gasteiger partial charge in [-0.05, 0) is 12.1 Å². The van der Waals surface area contributed by atoms with Crippen molar-refractivity contribution in [3.63, 3.8) is 0 Å². The van der Waals surface area contributed by atoms with Gasteiger partial charge in [0.15, 0.2) is 0 Å². The Hall–Kier alpha value is -1.51. The van der Waals surface area contributed by atoms with Crippen LogP contribution < -0.4 is 5.73 Å². The zero-order valence-corrected chi connectivity index (χ0v) is 4.97. The summed E-state index contributed by atoms with van der Waals surface area (Å²) in [6.45, 7) is 0. The molecule has 3 heteroatoms. The normalized spacial score (nSPS) is 17.4. The van der Waals surface area contributed by atoms with Crippen LogP contribution in [0.1, 0.15) is 6.85 Å². The molecule has 0 aliphatic rings. The van der Waals surface area contributed by atoms with E-state index >= 15 is 0 Å². The fourth-order valence-electron chi connectivity index (χ4n) is 0.667. The lowest BCUT2D eigenvalue weighted by Gasteiger charge is -1.93. The molecule has 2 aromatic rings. The topological polar surface area (TPSA) is 43.3 Å². The Balaban J connectivity index is 3.07. The highest BCUT2D eigenvalue weighted by molar-refractivity contribution is 5.46. The lowest BCUT2D eigenvalue weighted by Crippen LogP contribution is -1.88. The number of hydrogen-bond acceptors (Lipinski definition) is 2. The number of fused-ring (bicyclic) bond motifs is 1. The molecule has 3 nitrogen and oxygen atoms in total. The molecule has 0 radical (unpaired) electrons. The van der Waals surface area contributed by atoms with Gasteiger partial charge in [0.1, 0.15) is 5.65 Å². The van der Waals surface area contributed by atoms with Crippen molar-refractivity contribution in [2.24, 2.45) is 0 Å². The van der Waals surface area contributed by atoms with Gasteiger partial charge in [-0.1, -0.05) is 0 Å². The molecule has 0 saturated heterocycles. The number of aromatic nitrogens is 2. The number of nitrogens with zero attached hydrogens (tertiary/aromatic N) is 2. The van der Waals surface area contributed by atoms with E-state index in [1.54, 1.807) is 0 Å². The molecule has 0 aliphatic carbocycles. The molecule has 0 atom stereocenters. The first-order valence-corrected chi connectivity index (χ1v) is 2.66. The Kier molecular flexibility index (Phi) is 0.393. The third-order valence-corrected chi connectivity index (χ3v) is 1.08. The Morgan fingerprint density at radius 2 is 2.50 bits per heavy atom. The van der Waals surface area contributed by atoms with Gasteiger partial charge in [0.25, 0.3) is 0 Å². The summed E-state index contributed by atoms with van der Waals surface area (Å²) in [5, 5.41) is 0. The van der Waals surface area contributed by atoms with Crippen LogP contribution in [0, 0.1) is 0 Å². The van der Waals surface area contributed by atoms with Crippen LogP contribution in [0.3, 0.4) is 0 Å². The van der Waals surface area contributed by atoms with Crippen LogP contribution >= 0.6 is 0 Å². The molecule has 2 aromatic heterocycles. The summed E-state index contributed by atoms with van der Waals surface area (Å²) in [7, 11) is 0. The summed E-state index contributed by atoms with van der Waals surface area (Å²) in [6.07, 6.45) is -0.904. The standard InChI is InChI=1S/C7H7N3/c8-6-1-2-7-9-3-4-10(7)5-6/h1-5H,8H2/i1D,2D,3D,4D,5D. The van der Waals surface area contributed by atoms with Crippen molar-refractivity contribution in [2.75, 3.05) is 5.73 Å². The summed E-state index contributed by atoms with van der Waals surface area (Å²) in [5.74, 6) is 0. The van der Waals surface area contributed by atoms with Gasteiger partial charge in [-0.2, -0.15) is 0 Å². The second-order valence-corrected chi connectivity index (χ2v) is 1.77. The van der Waals surface area contributed by atoms with Crippen molar-refractivity contribution >= 4 is 11.3 Å². The van der Waals surface area contributed by atoms with Crippen molar-refractivity contribution in [2.45, 2.75) is 0 Å². The van der Waals surface area contributed by atoms with E-state index in [0.717, 1.165) is 4.40 Å². The molecule has 0 aliphatic heterocycles. The molecule has 2 N–H and O–H groups in total. The van der Waals surface area contributed by atoms with E-state index in [9.17, 15) is 0 Å². The van der Waals surface area contributed by atoms with Gasteiger partial charge in [-0.15, -0.1) is 0 Å². The van der Waals surface area contributed by atoms with Gasteiger partial charge >= 0.3 is 0 Å². The predicted octanol–water partition coefficient (Wildman–Crippen LogP) is 0.916. The molecule has 0 amide bonds. The van der Waals surface area contributed by atoms with E-state index in [0.29, 0.717) is 0 Å². The van der Waals surface area contributed by atoms with Gasteiger partial charge in [0, 0.05) is 24.2 Å². The van der Waals surface area contributed by atoms with Crippen LogP contribution in [0.15, 0.2) is 30.6 Å². The molecular formula is C7H7N3. The van der Waals surface area contributed by atoms with Crippen LogP contribution in [0.5, 0.6) is 0 Å². The molecule has 10 heavy (non-hydrogen) atoms. The average molecular weight is 138 g/mol. The van der Waals surface area contributed by atoms with Gasteiger partial charge in [-0.25, -0.2) is 4.98 Å². The highest BCUT2D eigenvalue weighted by Gasteiger charge is 1.90. The SMILES string of the molecule is [2H]c1nc2c([2H])c([2H])c(N)c([2H])n2c1[2H]. The molecule has 2 rings (SSSR count). The van der Waals surface area contributed by atoms with Gasteiger partial charge in [0.05, 0.1) is 6.85 Å². The molecule has 0 spiro atoms. The van der Waals surface area contributed by atoms with E-state index < -0.39 is 0 Å². The van der Waals surface area contributed by atoms with Crippen LogP contribution in [0.2, 0.25) is 0 Å². The highest BCUT2D eigenvalue weighted by atomic mass is 15.0. The largest absolute Gasteiger partial charge is 0.398 e. The zero-order chi connectivity index (χ0) is 11.3. The number of anilines is 1. The smallest absolute Gasteiger partial charge is 0.136 e. The third kappa shape index (κ3) is 0.639. The van der Waals surface area contributed by atoms with Crippen molar-refractivity contribution in [1.82, 2.24) is 9.38 Å². The molecule has 0 bridgehead atoms. The van der Waals surface area contributed by atoms with Crippen molar-refractivity contribution in [3.8, 4) is 0 Å². The average Bonchev–Trinajstić information content (AvgIpc) is 2.50. The molecule has 0 aromatic carbocycles. The Morgan fingerprint density at radius 3 is 3.40 bits per heavy atom. The lowest BCUT2D eigenvalue weighted by molar-refractivity contribution is 1.19. The van der Waals surface area contributed by atoms with E-state index in [2.05, 4.69) is 4.98 Å². The van der Waals surface area contributed by atoms with Gasteiger partial charge < -0.3 is 10.1 Å². The summed E-state index contributed by atoms with van der Waals surface area (Å²) in [4.78, 5) is 3.63. The minimum absolute atomic E-state index is 0.0470. The van der Waals surface area contributed by atoms with Gasteiger partial charge in [0.2, 0.25) is 0 Å². The minimum Gasteiger partial charge on any atom is -0.398 e. The van der Waals surface area contributed by atoms with Crippen LogP contribution in [-0.4, -0.2) is 9.38 Å². The first kappa shape index (κ1) is 2.27. The maximum absolute atomic E-state index is 7.57. The molecule has 50 valence electrons. The molecular weight excluding hydrogens is 126 g/mol. The summed E-state index contributed by atoms with van der Waals surface area (Å²) in [5.41, 5.74) is 5.21. The van der Waals surface area contributed by atoms with Crippen molar-refractivity contribution in [1.29, 1.82) is 0 Å². The number of imidazole rings is 1. The van der Waals surface area contributed by atoms with Crippen LogP contribution in [-0.2, 0) is 0 Å². The molecule has 0 unspecified atom stereocenters. The Bertz CT molecular complexity index is 562. The third-order valence-electron chi connectivity index (χ3n) is 1.08. The van der Waals surface area contributed by atoms with Crippen LogP contribution in [0.4, 0.5) is 5.69 Å². The second-order valence-electron chi connectivity index (χ2n) is 1.77. The fourth-order valence-corrected chi connectivity index (χ4v) is 0.667. The first-order chi connectivity index (χ1) is 6.95. The zero-order valence-electron chi connectivity index (χ0n) is 9.97. The van der Waals surface area contributed by atoms with E-state index in [4.69, 9.17) is 12.6 Å². The molecule has 2 heterocycles. The lowest BCUT2D eigenvalue weighted by atomic mass is 10.4. The summed E-state index contributed by atoms with van der Waals surface area (Å²) in [6, 6.07) is -0.562. The van der Waals surface area contributed by atoms with Crippen molar-refractivity contribution < 1.29 is 6.85 Å². The molecule has 0 saturated carbocycles. The fraction of sp³-hybridized carbons (Fsp3) is 0. The minimum atomic E-state index is -0.331. The van der Waals surface area contributed by atoms with Gasteiger partial charge in [-0.3, -0.25) is 0 Å². The second kappa shape index (κ2) is 1.73. The van der Waals surface area contributed by atoms with E-state index in [-0.39, 0.29) is 41.9 Å². The highest BCUT2D eigenvalue weighted by Crippen LogP contribution is 2.04. The summed E-state index contributed by atoms with van der Waals surface area (Å²) >= 11 is 0. The predicted molar refractivity (Wildman–Crippen MR) is 39.6 cm³/mol. The van der Waals surface area contributed by atoms with Crippen molar-refractivity contribution in [3.05, 3.63) is 30.6 Å². The monoisotopic (exact) mass is 138 g/mol. The maximum atomic E-state index is 7.57. The quantitative estimate of drug-likeness (QED) is 0.588. The number of nitrogen functional groups attached to an aromatic ring is 1. The van der Waals surface area contributed by atoms with E-state index in [1.165, 1.54) is 0 Å². The first-order valence-electron chi connectivity index (χ1n) is 5.16. The number of rotatable bonds is 0. The Morgan fingerprint density at radius 1 is 1.60 bits per heavy atom. The number of nitrogens with two attached hydrogens (primary N) is 1. The van der Waals surface area contributed by atoms with E-state index in [1.807, 2.05) is 0 Å². The molecule has 0 fully saturated rings. The maximum Gasteiger partial charge on any atom is 0.136 e. The number of pyridine rings is 1.